The molecule has 0 amide bonds. The summed E-state index contributed by atoms with van der Waals surface area (Å²) in [6.45, 7) is 0. The van der Waals surface area contributed by atoms with Crippen molar-refractivity contribution in [2.45, 2.75) is 12.0 Å². The lowest BCUT2D eigenvalue weighted by molar-refractivity contribution is -0.122. The lowest BCUT2D eigenvalue weighted by Crippen LogP contribution is -2.32. The number of nitrogens with zero attached hydrogens (tertiary/aromatic N) is 4. The zero-order chi connectivity index (χ0) is 22.5. The summed E-state index contributed by atoms with van der Waals surface area (Å²) in [4.78, 5) is 42.4. The number of carboxylic acids is 1. The van der Waals surface area contributed by atoms with Crippen LogP contribution in [-0.2, 0) is 23.8 Å². The molecule has 0 fully saturated rings. The number of carbonyl (C=O) groups excluding carboxylic acids is 1. The number of ketones is 1. The van der Waals surface area contributed by atoms with Gasteiger partial charge < -0.3 is 9.67 Å². The van der Waals surface area contributed by atoms with E-state index >= 15 is 0 Å². The lowest BCUT2D eigenvalue weighted by Gasteiger charge is -2.24. The van der Waals surface area contributed by atoms with Gasteiger partial charge in [0.05, 0.1) is 10.9 Å². The summed E-state index contributed by atoms with van der Waals surface area (Å²) >= 11 is 0. The molecule has 3 heterocycles. The molecule has 0 saturated heterocycles. The second-order valence-electron chi connectivity index (χ2n) is 7.69. The van der Waals surface area contributed by atoms with Crippen molar-refractivity contribution < 1.29 is 14.7 Å². The molecule has 1 N–H and O–H groups in total. The zero-order valence-corrected chi connectivity index (χ0v) is 17.1. The summed E-state index contributed by atoms with van der Waals surface area (Å²) in [6, 6.07) is 16.0. The summed E-state index contributed by atoms with van der Waals surface area (Å²) in [5, 5.41) is 13.5. The largest absolute Gasteiger partial charge is 0.476 e. The Morgan fingerprint density at radius 2 is 1.88 bits per heavy atom. The normalized spacial score (nSPS) is 17.4. The molecule has 5 rings (SSSR count). The molecule has 8 nitrogen and oxygen atoms in total. The number of aryl methyl sites for hydroxylation is 1. The smallest absolute Gasteiger partial charge is 0.356 e. The van der Waals surface area contributed by atoms with Crippen molar-refractivity contribution in [3.8, 4) is 0 Å². The molecule has 1 atom stereocenters. The molecular formula is C24H18N4O4. The number of aromatic carboxylic acids is 1. The van der Waals surface area contributed by atoms with Crippen molar-refractivity contribution in [2.24, 2.45) is 12.0 Å². The molecule has 0 bridgehead atoms. The van der Waals surface area contributed by atoms with Crippen molar-refractivity contribution >= 4 is 34.5 Å². The summed E-state index contributed by atoms with van der Waals surface area (Å²) in [5.41, 5.74) is 0.507. The molecule has 0 saturated carbocycles. The van der Waals surface area contributed by atoms with Gasteiger partial charge in [0.15, 0.2) is 17.0 Å². The van der Waals surface area contributed by atoms with E-state index in [0.717, 1.165) is 10.1 Å². The number of rotatable bonds is 5. The van der Waals surface area contributed by atoms with Crippen molar-refractivity contribution in [2.75, 3.05) is 0 Å². The van der Waals surface area contributed by atoms with Gasteiger partial charge in [-0.3, -0.25) is 14.6 Å². The number of fused-ring (bicyclic) bond motifs is 2. The number of aliphatic imine (C=N–C) groups is 1. The average molecular weight is 426 g/mol. The standard InChI is InChI=1S/C24H18N4O4/c1-27-19-9-8-16(13-17(19)22(30)28-21(27)14-18(26-28)23(31)32)24(10-5-11-25-24)20(29)12-15-6-3-2-4-7-15/h2-11,13-14H,12H2,1H3,(H,31,32). The molecule has 2 aromatic heterocycles. The third-order valence-electron chi connectivity index (χ3n) is 5.81. The van der Waals surface area contributed by atoms with Crippen molar-refractivity contribution in [1.82, 2.24) is 14.2 Å². The minimum atomic E-state index is -1.22. The molecule has 2 aromatic carbocycles. The van der Waals surface area contributed by atoms with Crippen LogP contribution in [0.4, 0.5) is 0 Å². The third-order valence-corrected chi connectivity index (χ3v) is 5.81. The number of hydrogen-bond donors (Lipinski definition) is 1. The molecule has 4 aromatic rings. The maximum atomic E-state index is 13.4. The molecular weight excluding hydrogens is 408 g/mol. The van der Waals surface area contributed by atoms with Gasteiger partial charge in [0.1, 0.15) is 5.65 Å². The maximum absolute atomic E-state index is 13.4. The van der Waals surface area contributed by atoms with Crippen LogP contribution in [0.15, 0.2) is 76.5 Å². The number of benzene rings is 2. The Bertz CT molecular complexity index is 1510. The van der Waals surface area contributed by atoms with E-state index in [1.54, 1.807) is 48.2 Å². The van der Waals surface area contributed by atoms with Gasteiger partial charge in [-0.2, -0.15) is 9.61 Å². The predicted molar refractivity (Wildman–Crippen MR) is 119 cm³/mol. The summed E-state index contributed by atoms with van der Waals surface area (Å²) in [5.74, 6) is -1.33. The number of hydrogen-bond acceptors (Lipinski definition) is 5. The molecule has 0 radical (unpaired) electrons. The second-order valence-corrected chi connectivity index (χ2v) is 7.69. The Kier molecular flexibility index (Phi) is 4.37. The van der Waals surface area contributed by atoms with Crippen LogP contribution in [0.1, 0.15) is 21.6 Å². The quantitative estimate of drug-likeness (QED) is 0.528. The van der Waals surface area contributed by atoms with Crippen LogP contribution in [-0.4, -0.2) is 37.3 Å². The fraction of sp³-hybridized carbons (Fsp3) is 0.125. The molecule has 8 heteroatoms. The molecule has 1 unspecified atom stereocenters. The summed E-state index contributed by atoms with van der Waals surface area (Å²) in [7, 11) is 1.73. The van der Waals surface area contributed by atoms with Gasteiger partial charge in [-0.25, -0.2) is 4.79 Å². The zero-order valence-electron chi connectivity index (χ0n) is 17.1. The van der Waals surface area contributed by atoms with E-state index in [1.165, 1.54) is 6.07 Å². The minimum absolute atomic E-state index is 0.113. The Balaban J connectivity index is 1.68. The van der Waals surface area contributed by atoms with Crippen molar-refractivity contribution in [1.29, 1.82) is 0 Å². The van der Waals surface area contributed by atoms with Gasteiger partial charge in [-0.15, -0.1) is 0 Å². The first-order valence-corrected chi connectivity index (χ1v) is 9.97. The van der Waals surface area contributed by atoms with E-state index in [9.17, 15) is 19.5 Å². The van der Waals surface area contributed by atoms with Gasteiger partial charge in [0.2, 0.25) is 0 Å². The van der Waals surface area contributed by atoms with Crippen LogP contribution in [0, 0.1) is 0 Å². The van der Waals surface area contributed by atoms with Crippen LogP contribution in [0.2, 0.25) is 0 Å². The van der Waals surface area contributed by atoms with E-state index in [4.69, 9.17) is 0 Å². The number of carboxylic acid groups (broad SMARTS) is 1. The number of carbonyl (C=O) groups is 2. The highest BCUT2D eigenvalue weighted by Gasteiger charge is 2.38. The summed E-state index contributed by atoms with van der Waals surface area (Å²) < 4.78 is 2.77. The maximum Gasteiger partial charge on any atom is 0.356 e. The lowest BCUT2D eigenvalue weighted by atomic mass is 9.83. The Hall–Kier alpha value is -4.33. The third kappa shape index (κ3) is 2.88. The van der Waals surface area contributed by atoms with E-state index in [-0.39, 0.29) is 17.9 Å². The van der Waals surface area contributed by atoms with Crippen LogP contribution < -0.4 is 5.56 Å². The molecule has 158 valence electrons. The fourth-order valence-electron chi connectivity index (χ4n) is 4.14. The summed E-state index contributed by atoms with van der Waals surface area (Å²) in [6.07, 6.45) is 5.24. The Labute approximate surface area is 181 Å². The Morgan fingerprint density at radius 1 is 1.09 bits per heavy atom. The van der Waals surface area contributed by atoms with Crippen LogP contribution in [0.5, 0.6) is 0 Å². The number of aromatic nitrogens is 3. The van der Waals surface area contributed by atoms with Crippen LogP contribution in [0.3, 0.4) is 0 Å². The Morgan fingerprint density at radius 3 is 2.56 bits per heavy atom. The molecule has 32 heavy (non-hydrogen) atoms. The highest BCUT2D eigenvalue weighted by molar-refractivity contribution is 5.99. The first-order chi connectivity index (χ1) is 15.4. The van der Waals surface area contributed by atoms with Crippen LogP contribution in [0.25, 0.3) is 16.6 Å². The SMILES string of the molecule is Cn1c2ccc(C3(C(=O)Cc4ccccc4)C=CC=N3)cc2c(=O)n2nc(C(=O)O)cc12. The molecule has 0 spiro atoms. The van der Waals surface area contributed by atoms with E-state index in [1.807, 2.05) is 30.3 Å². The van der Waals surface area contributed by atoms with Gasteiger partial charge in [-0.1, -0.05) is 36.4 Å². The topological polar surface area (TPSA) is 106 Å². The second kappa shape index (κ2) is 7.12. The van der Waals surface area contributed by atoms with Gasteiger partial charge in [0, 0.05) is 25.7 Å². The predicted octanol–water partition coefficient (Wildman–Crippen LogP) is 2.53. The molecule has 1 aliphatic heterocycles. The molecule has 0 aliphatic carbocycles. The van der Waals surface area contributed by atoms with Crippen LogP contribution >= 0.6 is 0 Å². The average Bonchev–Trinajstić information content (AvgIpc) is 3.47. The van der Waals surface area contributed by atoms with E-state index in [0.29, 0.717) is 22.1 Å². The fourth-order valence-corrected chi connectivity index (χ4v) is 4.14. The first kappa shape index (κ1) is 19.6. The van der Waals surface area contributed by atoms with E-state index in [2.05, 4.69) is 10.1 Å². The van der Waals surface area contributed by atoms with Crippen molar-refractivity contribution in [3.05, 3.63) is 93.9 Å². The van der Waals surface area contributed by atoms with Gasteiger partial charge in [0.25, 0.3) is 5.56 Å². The van der Waals surface area contributed by atoms with Gasteiger partial charge >= 0.3 is 5.97 Å². The number of allylic oxidation sites excluding steroid dienone is 1. The van der Waals surface area contributed by atoms with Crippen molar-refractivity contribution in [3.63, 3.8) is 0 Å². The highest BCUT2D eigenvalue weighted by Crippen LogP contribution is 2.34. The van der Waals surface area contributed by atoms with E-state index < -0.39 is 17.1 Å². The van der Waals surface area contributed by atoms with Gasteiger partial charge in [-0.05, 0) is 35.4 Å². The highest BCUT2D eigenvalue weighted by atomic mass is 16.4. The first-order valence-electron chi connectivity index (χ1n) is 9.97. The minimum Gasteiger partial charge on any atom is -0.476 e. The molecule has 1 aliphatic rings. The monoisotopic (exact) mass is 426 g/mol. The number of Topliss-reactive ketones (excluding diaryl/α,β-unsaturated/α-hetero) is 1.